The van der Waals surface area contributed by atoms with Crippen molar-refractivity contribution in [1.82, 2.24) is 4.98 Å². The molecule has 0 aliphatic heterocycles. The van der Waals surface area contributed by atoms with Crippen molar-refractivity contribution in [2.45, 2.75) is 13.0 Å². The van der Waals surface area contributed by atoms with E-state index in [1.165, 1.54) is 6.20 Å². The van der Waals surface area contributed by atoms with Gasteiger partial charge in [-0.2, -0.15) is 0 Å². The van der Waals surface area contributed by atoms with Gasteiger partial charge in [-0.15, -0.1) is 0 Å². The number of nitrogens with zero attached hydrogens (tertiary/aromatic N) is 1. The fraction of sp³-hybridized carbons (Fsp3) is 0.286. The van der Waals surface area contributed by atoms with Crippen LogP contribution in [0.2, 0.25) is 0 Å². The summed E-state index contributed by atoms with van der Waals surface area (Å²) in [4.78, 5) is 3.75. The van der Waals surface area contributed by atoms with Gasteiger partial charge in [0.2, 0.25) is 0 Å². The lowest BCUT2D eigenvalue weighted by Crippen LogP contribution is -2.09. The second-order valence-electron chi connectivity index (χ2n) is 2.39. The number of hydrogen-bond acceptors (Lipinski definition) is 3. The van der Waals surface area contributed by atoms with Crippen molar-refractivity contribution >= 4 is 28.4 Å². The van der Waals surface area contributed by atoms with Gasteiger partial charge in [0, 0.05) is 27.4 Å². The van der Waals surface area contributed by atoms with E-state index in [9.17, 15) is 8.78 Å². The van der Waals surface area contributed by atoms with Gasteiger partial charge in [0.25, 0.3) is 6.43 Å². The predicted molar refractivity (Wildman–Crippen MR) is 54.2 cm³/mol. The molecule has 0 atom stereocenters. The Balaban J connectivity index is 3.35. The molecular formula is C7H8F2IN3. The SMILES string of the molecule is NCc1c(N)ncc(I)c1C(F)F. The maximum absolute atomic E-state index is 12.5. The third-order valence-electron chi connectivity index (χ3n) is 1.63. The van der Waals surface area contributed by atoms with Crippen LogP contribution in [0, 0.1) is 3.57 Å². The second-order valence-corrected chi connectivity index (χ2v) is 3.55. The maximum atomic E-state index is 12.5. The zero-order chi connectivity index (χ0) is 10.0. The van der Waals surface area contributed by atoms with Crippen molar-refractivity contribution < 1.29 is 8.78 Å². The summed E-state index contributed by atoms with van der Waals surface area (Å²) in [5, 5.41) is 0. The molecule has 72 valence electrons. The monoisotopic (exact) mass is 299 g/mol. The Hall–Kier alpha value is -0.500. The highest BCUT2D eigenvalue weighted by molar-refractivity contribution is 14.1. The van der Waals surface area contributed by atoms with Crippen molar-refractivity contribution in [3.63, 3.8) is 0 Å². The number of nitrogens with two attached hydrogens (primary N) is 2. The van der Waals surface area contributed by atoms with Gasteiger partial charge in [-0.1, -0.05) is 0 Å². The lowest BCUT2D eigenvalue weighted by atomic mass is 10.1. The molecule has 3 nitrogen and oxygen atoms in total. The van der Waals surface area contributed by atoms with E-state index in [1.807, 2.05) is 0 Å². The molecule has 1 rings (SSSR count). The standard InChI is InChI=1S/C7H8F2IN3/c8-6(9)5-3(1-11)7(12)13-2-4(5)10/h2,6H,1,11H2,(H2,12,13). The smallest absolute Gasteiger partial charge is 0.265 e. The van der Waals surface area contributed by atoms with Crippen LogP contribution in [0.4, 0.5) is 14.6 Å². The minimum absolute atomic E-state index is 0.0185. The zero-order valence-electron chi connectivity index (χ0n) is 6.60. The normalized spacial score (nSPS) is 10.8. The van der Waals surface area contributed by atoms with Crippen LogP contribution in [0.1, 0.15) is 17.6 Å². The van der Waals surface area contributed by atoms with Gasteiger partial charge >= 0.3 is 0 Å². The number of halogens is 3. The number of rotatable bonds is 2. The van der Waals surface area contributed by atoms with Gasteiger partial charge in [-0.3, -0.25) is 0 Å². The van der Waals surface area contributed by atoms with E-state index < -0.39 is 6.43 Å². The summed E-state index contributed by atoms with van der Waals surface area (Å²) in [6.07, 6.45) is -1.24. The Morgan fingerprint density at radius 2 is 2.15 bits per heavy atom. The Morgan fingerprint density at radius 3 is 2.54 bits per heavy atom. The molecule has 0 aliphatic rings. The predicted octanol–water partition coefficient (Wildman–Crippen LogP) is 1.66. The fourth-order valence-corrected chi connectivity index (χ4v) is 1.71. The molecule has 0 fully saturated rings. The first-order valence-corrected chi connectivity index (χ1v) is 4.56. The number of alkyl halides is 2. The van der Waals surface area contributed by atoms with Gasteiger partial charge in [0.05, 0.1) is 0 Å². The molecule has 4 N–H and O–H groups in total. The van der Waals surface area contributed by atoms with Gasteiger partial charge in [-0.05, 0) is 22.6 Å². The number of hydrogen-bond donors (Lipinski definition) is 2. The summed E-state index contributed by atoms with van der Waals surface area (Å²) < 4.78 is 25.4. The van der Waals surface area contributed by atoms with E-state index in [0.717, 1.165) is 0 Å². The lowest BCUT2D eigenvalue weighted by molar-refractivity contribution is 0.149. The van der Waals surface area contributed by atoms with Crippen LogP contribution < -0.4 is 11.5 Å². The van der Waals surface area contributed by atoms with Crippen molar-refractivity contribution in [2.75, 3.05) is 5.73 Å². The molecule has 0 spiro atoms. The molecule has 13 heavy (non-hydrogen) atoms. The van der Waals surface area contributed by atoms with Gasteiger partial charge in [0.1, 0.15) is 5.82 Å². The average Bonchev–Trinajstić information content (AvgIpc) is 2.07. The van der Waals surface area contributed by atoms with E-state index in [1.54, 1.807) is 22.6 Å². The third kappa shape index (κ3) is 2.05. The van der Waals surface area contributed by atoms with Crippen LogP contribution in [0.15, 0.2) is 6.20 Å². The molecule has 0 aromatic carbocycles. The van der Waals surface area contributed by atoms with Crippen LogP contribution in [-0.4, -0.2) is 4.98 Å². The molecular weight excluding hydrogens is 291 g/mol. The third-order valence-corrected chi connectivity index (χ3v) is 2.49. The Bertz CT molecular complexity index is 317. The van der Waals surface area contributed by atoms with Crippen molar-refractivity contribution in [2.24, 2.45) is 5.73 Å². The van der Waals surface area contributed by atoms with Gasteiger partial charge in [0.15, 0.2) is 0 Å². The highest BCUT2D eigenvalue weighted by atomic mass is 127. The van der Waals surface area contributed by atoms with Gasteiger partial charge in [-0.25, -0.2) is 13.8 Å². The maximum Gasteiger partial charge on any atom is 0.265 e. The number of nitrogen functional groups attached to an aromatic ring is 1. The highest BCUT2D eigenvalue weighted by Crippen LogP contribution is 2.29. The second kappa shape index (κ2) is 4.14. The van der Waals surface area contributed by atoms with E-state index in [-0.39, 0.29) is 23.5 Å². The van der Waals surface area contributed by atoms with Crippen LogP contribution in [0.3, 0.4) is 0 Å². The summed E-state index contributed by atoms with van der Waals surface area (Å²) >= 11 is 1.79. The van der Waals surface area contributed by atoms with E-state index in [4.69, 9.17) is 11.5 Å². The largest absolute Gasteiger partial charge is 0.383 e. The number of pyridine rings is 1. The quantitative estimate of drug-likeness (QED) is 0.816. The minimum Gasteiger partial charge on any atom is -0.383 e. The lowest BCUT2D eigenvalue weighted by Gasteiger charge is -2.10. The van der Waals surface area contributed by atoms with Crippen molar-refractivity contribution in [1.29, 1.82) is 0 Å². The zero-order valence-corrected chi connectivity index (χ0v) is 8.76. The summed E-state index contributed by atoms with van der Waals surface area (Å²) in [5.41, 5.74) is 10.8. The molecule has 1 heterocycles. The summed E-state index contributed by atoms with van der Waals surface area (Å²) in [6.45, 7) is -0.0185. The Kier molecular flexibility index (Phi) is 3.37. The molecule has 0 bridgehead atoms. The molecule has 0 unspecified atom stereocenters. The van der Waals surface area contributed by atoms with E-state index in [2.05, 4.69) is 4.98 Å². The number of anilines is 1. The average molecular weight is 299 g/mol. The first-order chi connectivity index (χ1) is 6.07. The molecule has 0 saturated heterocycles. The summed E-state index contributed by atoms with van der Waals surface area (Å²) in [7, 11) is 0. The molecule has 0 saturated carbocycles. The first-order valence-electron chi connectivity index (χ1n) is 3.49. The first kappa shape index (κ1) is 10.6. The minimum atomic E-state index is -2.56. The fourth-order valence-electron chi connectivity index (χ4n) is 1.01. The Labute approximate surface area is 87.7 Å². The van der Waals surface area contributed by atoms with Crippen LogP contribution in [-0.2, 0) is 6.54 Å². The molecule has 0 amide bonds. The number of aromatic nitrogens is 1. The van der Waals surface area contributed by atoms with Crippen LogP contribution in [0.25, 0.3) is 0 Å². The molecule has 0 radical (unpaired) electrons. The molecule has 1 aromatic rings. The highest BCUT2D eigenvalue weighted by Gasteiger charge is 2.18. The topological polar surface area (TPSA) is 64.9 Å². The molecule has 6 heteroatoms. The summed E-state index contributed by atoms with van der Waals surface area (Å²) in [5.74, 6) is 0.0817. The van der Waals surface area contributed by atoms with E-state index >= 15 is 0 Å². The van der Waals surface area contributed by atoms with Crippen molar-refractivity contribution in [3.05, 3.63) is 20.9 Å². The van der Waals surface area contributed by atoms with E-state index in [0.29, 0.717) is 3.57 Å². The van der Waals surface area contributed by atoms with Crippen LogP contribution >= 0.6 is 22.6 Å². The van der Waals surface area contributed by atoms with Crippen molar-refractivity contribution in [3.8, 4) is 0 Å². The molecule has 1 aromatic heterocycles. The van der Waals surface area contributed by atoms with Gasteiger partial charge < -0.3 is 11.5 Å². The summed E-state index contributed by atoms with van der Waals surface area (Å²) in [6, 6.07) is 0. The molecule has 0 aliphatic carbocycles. The Morgan fingerprint density at radius 1 is 1.54 bits per heavy atom. The van der Waals surface area contributed by atoms with Crippen LogP contribution in [0.5, 0.6) is 0 Å².